The summed E-state index contributed by atoms with van der Waals surface area (Å²) in [5.74, 6) is -0.884. The average molecular weight is 264 g/mol. The van der Waals surface area contributed by atoms with E-state index in [1.54, 1.807) is 0 Å². The van der Waals surface area contributed by atoms with E-state index < -0.39 is 18.0 Å². The van der Waals surface area contributed by atoms with Crippen LogP contribution < -0.4 is 16.0 Å². The van der Waals surface area contributed by atoms with Gasteiger partial charge in [-0.15, -0.1) is 11.6 Å². The smallest absolute Gasteiger partial charge is 0.322 e. The quantitative estimate of drug-likeness (QED) is 0.620. The van der Waals surface area contributed by atoms with Crippen LogP contribution in [-0.4, -0.2) is 36.3 Å². The third-order valence-electron chi connectivity index (χ3n) is 1.80. The number of hydrogen-bond acceptors (Lipinski definition) is 3. The minimum atomic E-state index is -0.733. The van der Waals surface area contributed by atoms with Gasteiger partial charge in [-0.05, 0) is 12.8 Å². The van der Waals surface area contributed by atoms with Crippen molar-refractivity contribution in [2.75, 3.05) is 12.4 Å². The molecule has 0 aliphatic rings. The minimum Gasteiger partial charge on any atom is -0.354 e. The molecule has 1 unspecified atom stereocenters. The molecule has 0 saturated carbocycles. The van der Waals surface area contributed by atoms with Crippen molar-refractivity contribution in [3.05, 3.63) is 0 Å². The number of carbonyl (C=O) groups is 3. The van der Waals surface area contributed by atoms with Crippen LogP contribution >= 0.6 is 11.6 Å². The molecule has 7 heteroatoms. The van der Waals surface area contributed by atoms with Gasteiger partial charge in [-0.1, -0.05) is 13.8 Å². The van der Waals surface area contributed by atoms with Crippen molar-refractivity contribution in [1.29, 1.82) is 0 Å². The van der Waals surface area contributed by atoms with E-state index in [4.69, 9.17) is 11.6 Å². The summed E-state index contributed by atoms with van der Waals surface area (Å²) >= 11 is 5.21. The lowest BCUT2D eigenvalue weighted by atomic mass is 10.2. The molecule has 6 nitrogen and oxygen atoms in total. The van der Waals surface area contributed by atoms with Gasteiger partial charge in [-0.25, -0.2) is 4.79 Å². The molecule has 0 saturated heterocycles. The normalized spacial score (nSPS) is 11.8. The molecule has 98 valence electrons. The fourth-order valence-corrected chi connectivity index (χ4v) is 0.983. The number of urea groups is 1. The SMILES string of the molecule is CC(C)CNC(=O)C(C)NC(=O)NC(=O)CCl. The van der Waals surface area contributed by atoms with Gasteiger partial charge in [-0.3, -0.25) is 14.9 Å². The molecule has 17 heavy (non-hydrogen) atoms. The van der Waals surface area contributed by atoms with Gasteiger partial charge in [-0.2, -0.15) is 0 Å². The van der Waals surface area contributed by atoms with Crippen molar-refractivity contribution in [2.45, 2.75) is 26.8 Å². The van der Waals surface area contributed by atoms with Crippen molar-refractivity contribution in [2.24, 2.45) is 5.92 Å². The second-order valence-electron chi connectivity index (χ2n) is 4.02. The van der Waals surface area contributed by atoms with Gasteiger partial charge in [0.15, 0.2) is 0 Å². The van der Waals surface area contributed by atoms with E-state index in [-0.39, 0.29) is 11.8 Å². The molecular formula is C10H18ClN3O3. The highest BCUT2D eigenvalue weighted by molar-refractivity contribution is 6.28. The van der Waals surface area contributed by atoms with E-state index in [9.17, 15) is 14.4 Å². The molecule has 0 heterocycles. The molecule has 0 aromatic rings. The van der Waals surface area contributed by atoms with E-state index in [1.165, 1.54) is 6.92 Å². The monoisotopic (exact) mass is 263 g/mol. The Balaban J connectivity index is 3.98. The Morgan fingerprint density at radius 1 is 1.18 bits per heavy atom. The van der Waals surface area contributed by atoms with Crippen LogP contribution in [0.25, 0.3) is 0 Å². The van der Waals surface area contributed by atoms with Crippen molar-refractivity contribution in [1.82, 2.24) is 16.0 Å². The first-order valence-electron chi connectivity index (χ1n) is 5.30. The number of amides is 4. The predicted octanol–water partition coefficient (Wildman–Crippen LogP) is 0.212. The molecule has 0 fully saturated rings. The third-order valence-corrected chi connectivity index (χ3v) is 2.04. The largest absolute Gasteiger partial charge is 0.354 e. The zero-order chi connectivity index (χ0) is 13.4. The Labute approximate surface area is 105 Å². The summed E-state index contributed by atoms with van der Waals surface area (Å²) in [5, 5.41) is 6.97. The van der Waals surface area contributed by atoms with Crippen molar-refractivity contribution >= 4 is 29.4 Å². The van der Waals surface area contributed by atoms with Crippen LogP contribution in [-0.2, 0) is 9.59 Å². The fourth-order valence-electron chi connectivity index (χ4n) is 0.916. The second kappa shape index (κ2) is 7.89. The van der Waals surface area contributed by atoms with Crippen molar-refractivity contribution in [3.8, 4) is 0 Å². The Bertz CT molecular complexity index is 295. The van der Waals surface area contributed by atoms with Gasteiger partial charge in [0, 0.05) is 6.54 Å². The van der Waals surface area contributed by atoms with Gasteiger partial charge >= 0.3 is 6.03 Å². The molecule has 0 bridgehead atoms. The highest BCUT2D eigenvalue weighted by Crippen LogP contribution is 1.89. The number of rotatable bonds is 5. The van der Waals surface area contributed by atoms with Gasteiger partial charge in [0.05, 0.1) is 0 Å². The summed E-state index contributed by atoms with van der Waals surface area (Å²) in [7, 11) is 0. The summed E-state index contributed by atoms with van der Waals surface area (Å²) < 4.78 is 0. The predicted molar refractivity (Wildman–Crippen MR) is 64.7 cm³/mol. The summed E-state index contributed by atoms with van der Waals surface area (Å²) in [6.45, 7) is 5.99. The van der Waals surface area contributed by atoms with Crippen LogP contribution in [0.15, 0.2) is 0 Å². The first kappa shape index (κ1) is 15.7. The number of carbonyl (C=O) groups excluding carboxylic acids is 3. The van der Waals surface area contributed by atoms with E-state index in [1.807, 2.05) is 19.2 Å². The molecule has 1 atom stereocenters. The van der Waals surface area contributed by atoms with Crippen LogP contribution in [0.2, 0.25) is 0 Å². The molecule has 0 aromatic carbocycles. The summed E-state index contributed by atoms with van der Waals surface area (Å²) in [4.78, 5) is 33.4. The van der Waals surface area contributed by atoms with E-state index in [2.05, 4.69) is 10.6 Å². The topological polar surface area (TPSA) is 87.3 Å². The van der Waals surface area contributed by atoms with E-state index in [0.717, 1.165) is 0 Å². The fraction of sp³-hybridized carbons (Fsp3) is 0.700. The van der Waals surface area contributed by atoms with E-state index in [0.29, 0.717) is 12.5 Å². The second-order valence-corrected chi connectivity index (χ2v) is 4.28. The van der Waals surface area contributed by atoms with Gasteiger partial charge in [0.1, 0.15) is 11.9 Å². The number of imide groups is 1. The average Bonchev–Trinajstić information content (AvgIpc) is 2.25. The molecule has 0 rings (SSSR count). The van der Waals surface area contributed by atoms with Crippen LogP contribution in [0.5, 0.6) is 0 Å². The molecule has 0 aliphatic carbocycles. The summed E-state index contributed by atoms with van der Waals surface area (Å²) in [6, 6.07) is -1.44. The molecule has 0 aliphatic heterocycles. The number of halogens is 1. The Kier molecular flexibility index (Phi) is 7.29. The standard InChI is InChI=1S/C10H18ClN3O3/c1-6(2)5-12-9(16)7(3)13-10(17)14-8(15)4-11/h6-7H,4-5H2,1-3H3,(H,12,16)(H2,13,14,15,17). The molecule has 0 spiro atoms. The highest BCUT2D eigenvalue weighted by atomic mass is 35.5. The molecule has 0 aromatic heterocycles. The number of hydrogen-bond donors (Lipinski definition) is 3. The molecule has 4 amide bonds. The third kappa shape index (κ3) is 7.57. The maximum atomic E-state index is 11.5. The first-order chi connectivity index (χ1) is 7.86. The minimum absolute atomic E-state index is 0.299. The van der Waals surface area contributed by atoms with Gasteiger partial charge in [0.25, 0.3) is 0 Å². The summed E-state index contributed by atoms with van der Waals surface area (Å²) in [6.07, 6.45) is 0. The van der Waals surface area contributed by atoms with Crippen molar-refractivity contribution < 1.29 is 14.4 Å². The maximum absolute atomic E-state index is 11.5. The number of alkyl halides is 1. The molecule has 3 N–H and O–H groups in total. The zero-order valence-corrected chi connectivity index (χ0v) is 10.9. The van der Waals surface area contributed by atoms with Crippen molar-refractivity contribution in [3.63, 3.8) is 0 Å². The first-order valence-corrected chi connectivity index (χ1v) is 5.84. The zero-order valence-electron chi connectivity index (χ0n) is 10.2. The Morgan fingerprint density at radius 2 is 1.76 bits per heavy atom. The molecule has 0 radical (unpaired) electrons. The lowest BCUT2D eigenvalue weighted by molar-refractivity contribution is -0.123. The highest BCUT2D eigenvalue weighted by Gasteiger charge is 2.16. The Hall–Kier alpha value is -1.30. The lowest BCUT2D eigenvalue weighted by Gasteiger charge is -2.15. The van der Waals surface area contributed by atoms with Crippen LogP contribution in [0, 0.1) is 5.92 Å². The van der Waals surface area contributed by atoms with Gasteiger partial charge in [0.2, 0.25) is 11.8 Å². The summed E-state index contributed by atoms with van der Waals surface area (Å²) in [5.41, 5.74) is 0. The Morgan fingerprint density at radius 3 is 2.24 bits per heavy atom. The lowest BCUT2D eigenvalue weighted by Crippen LogP contribution is -2.50. The number of nitrogens with one attached hydrogen (secondary N) is 3. The van der Waals surface area contributed by atoms with Crippen LogP contribution in [0.3, 0.4) is 0 Å². The van der Waals surface area contributed by atoms with E-state index >= 15 is 0 Å². The molecular weight excluding hydrogens is 246 g/mol. The maximum Gasteiger partial charge on any atom is 0.322 e. The van der Waals surface area contributed by atoms with Crippen LogP contribution in [0.4, 0.5) is 4.79 Å². The van der Waals surface area contributed by atoms with Crippen LogP contribution in [0.1, 0.15) is 20.8 Å². The van der Waals surface area contributed by atoms with Gasteiger partial charge < -0.3 is 10.6 Å².